The number of aromatic amines is 1. The normalized spacial score (nSPS) is 11.1. The summed E-state index contributed by atoms with van der Waals surface area (Å²) in [7, 11) is 0. The molecule has 3 aromatic rings. The number of fused-ring (bicyclic) bond motifs is 1. The predicted molar refractivity (Wildman–Crippen MR) is 64.1 cm³/mol. The Labute approximate surface area is 95.4 Å². The molecule has 6 heteroatoms. The van der Waals surface area contributed by atoms with Crippen molar-refractivity contribution in [1.29, 1.82) is 0 Å². The predicted octanol–water partition coefficient (Wildman–Crippen LogP) is 1.97. The van der Waals surface area contributed by atoms with Gasteiger partial charge in [-0.3, -0.25) is 5.10 Å². The second-order valence-electron chi connectivity index (χ2n) is 3.50. The van der Waals surface area contributed by atoms with Gasteiger partial charge in [0, 0.05) is 0 Å². The number of thiophene rings is 1. The Morgan fingerprint density at radius 3 is 3.00 bits per heavy atom. The second kappa shape index (κ2) is 3.28. The van der Waals surface area contributed by atoms with E-state index in [0.29, 0.717) is 5.65 Å². The molecule has 5 nitrogen and oxygen atoms in total. The van der Waals surface area contributed by atoms with Gasteiger partial charge in [-0.15, -0.1) is 11.3 Å². The fraction of sp³-hybridized carbons (Fsp3) is 0.100. The van der Waals surface area contributed by atoms with Crippen molar-refractivity contribution < 1.29 is 0 Å². The van der Waals surface area contributed by atoms with Crippen LogP contribution in [0.2, 0.25) is 0 Å². The van der Waals surface area contributed by atoms with Gasteiger partial charge in [0.25, 0.3) is 0 Å². The van der Waals surface area contributed by atoms with Gasteiger partial charge in [-0.2, -0.15) is 10.1 Å². The number of hydrogen-bond acceptors (Lipinski definition) is 5. The maximum Gasteiger partial charge on any atom is 0.222 e. The molecule has 0 aliphatic rings. The van der Waals surface area contributed by atoms with Crippen LogP contribution in [0, 0.1) is 6.92 Å². The minimum absolute atomic E-state index is 0.263. The average molecular weight is 231 g/mol. The Bertz CT molecular complexity index is 654. The molecule has 0 aromatic carbocycles. The number of nitrogens with zero attached hydrogens (tertiary/aromatic N) is 3. The fourth-order valence-corrected chi connectivity index (χ4v) is 2.57. The van der Waals surface area contributed by atoms with Crippen LogP contribution in [0.3, 0.4) is 0 Å². The number of aryl methyl sites for hydroxylation is 1. The summed E-state index contributed by atoms with van der Waals surface area (Å²) in [5.41, 5.74) is 8.39. The van der Waals surface area contributed by atoms with Gasteiger partial charge in [0.1, 0.15) is 0 Å². The van der Waals surface area contributed by atoms with Crippen LogP contribution >= 0.6 is 11.3 Å². The standard InChI is InChI=1S/C10H9N5S/c1-5-2-3-16-8(5)7-6-4-12-15-9(6)14-10(11)13-7/h2-4H,1H3,(H3,11,12,13,14,15). The summed E-state index contributed by atoms with van der Waals surface area (Å²) in [5.74, 6) is 0.263. The lowest BCUT2D eigenvalue weighted by Crippen LogP contribution is -1.97. The topological polar surface area (TPSA) is 80.5 Å². The molecule has 3 heterocycles. The summed E-state index contributed by atoms with van der Waals surface area (Å²) < 4.78 is 0. The van der Waals surface area contributed by atoms with E-state index in [1.165, 1.54) is 5.56 Å². The van der Waals surface area contributed by atoms with Crippen molar-refractivity contribution in [3.8, 4) is 10.6 Å². The SMILES string of the molecule is Cc1ccsc1-c1nc(N)nc2[nH]ncc12. The van der Waals surface area contributed by atoms with Gasteiger partial charge in [-0.05, 0) is 23.9 Å². The summed E-state index contributed by atoms with van der Waals surface area (Å²) in [4.78, 5) is 9.49. The molecule has 0 aliphatic heterocycles. The Kier molecular flexibility index (Phi) is 1.90. The van der Waals surface area contributed by atoms with Crippen molar-refractivity contribution in [3.05, 3.63) is 23.2 Å². The monoisotopic (exact) mass is 231 g/mol. The van der Waals surface area contributed by atoms with Crippen LogP contribution in [0.5, 0.6) is 0 Å². The number of nitrogens with two attached hydrogens (primary N) is 1. The van der Waals surface area contributed by atoms with Crippen LogP contribution in [0.4, 0.5) is 5.95 Å². The first kappa shape index (κ1) is 9.29. The smallest absolute Gasteiger partial charge is 0.222 e. The first-order valence-corrected chi connectivity index (χ1v) is 5.65. The van der Waals surface area contributed by atoms with E-state index in [0.717, 1.165) is 16.0 Å². The van der Waals surface area contributed by atoms with Crippen LogP contribution in [0.25, 0.3) is 21.6 Å². The lowest BCUT2D eigenvalue weighted by molar-refractivity contribution is 1.09. The highest BCUT2D eigenvalue weighted by Gasteiger charge is 2.12. The van der Waals surface area contributed by atoms with E-state index < -0.39 is 0 Å². The van der Waals surface area contributed by atoms with Crippen molar-refractivity contribution in [2.24, 2.45) is 0 Å². The molecule has 0 saturated heterocycles. The molecular weight excluding hydrogens is 222 g/mol. The number of anilines is 1. The Morgan fingerprint density at radius 2 is 2.25 bits per heavy atom. The molecule has 0 radical (unpaired) electrons. The van der Waals surface area contributed by atoms with Gasteiger partial charge in [-0.1, -0.05) is 0 Å². The minimum atomic E-state index is 0.263. The lowest BCUT2D eigenvalue weighted by atomic mass is 10.2. The molecule has 0 atom stereocenters. The molecule has 80 valence electrons. The molecule has 3 rings (SSSR count). The highest BCUT2D eigenvalue weighted by atomic mass is 32.1. The summed E-state index contributed by atoms with van der Waals surface area (Å²) in [6.07, 6.45) is 1.73. The first-order chi connectivity index (χ1) is 7.75. The van der Waals surface area contributed by atoms with Crippen LogP contribution in [0.1, 0.15) is 5.56 Å². The first-order valence-electron chi connectivity index (χ1n) is 4.77. The number of rotatable bonds is 1. The molecule has 0 fully saturated rings. The van der Waals surface area contributed by atoms with E-state index >= 15 is 0 Å². The molecule has 0 bridgehead atoms. The van der Waals surface area contributed by atoms with Gasteiger partial charge in [-0.25, -0.2) is 4.98 Å². The van der Waals surface area contributed by atoms with Crippen LogP contribution in [-0.4, -0.2) is 20.2 Å². The van der Waals surface area contributed by atoms with Crippen molar-refractivity contribution in [2.75, 3.05) is 5.73 Å². The van der Waals surface area contributed by atoms with Crippen molar-refractivity contribution in [3.63, 3.8) is 0 Å². The molecular formula is C10H9N5S. The molecule has 0 saturated carbocycles. The Balaban J connectivity index is 2.38. The molecule has 0 amide bonds. The van der Waals surface area contributed by atoms with Crippen molar-refractivity contribution in [1.82, 2.24) is 20.2 Å². The van der Waals surface area contributed by atoms with Crippen molar-refractivity contribution in [2.45, 2.75) is 6.92 Å². The fourth-order valence-electron chi connectivity index (χ4n) is 1.64. The number of aromatic nitrogens is 4. The third-order valence-corrected chi connectivity index (χ3v) is 3.43. The lowest BCUT2D eigenvalue weighted by Gasteiger charge is -2.01. The summed E-state index contributed by atoms with van der Waals surface area (Å²) >= 11 is 1.64. The number of hydrogen-bond donors (Lipinski definition) is 2. The maximum absolute atomic E-state index is 5.67. The zero-order chi connectivity index (χ0) is 11.1. The zero-order valence-electron chi connectivity index (χ0n) is 8.56. The van der Waals surface area contributed by atoms with Crippen LogP contribution in [0.15, 0.2) is 17.6 Å². The zero-order valence-corrected chi connectivity index (χ0v) is 9.38. The molecule has 0 unspecified atom stereocenters. The third kappa shape index (κ3) is 1.27. The molecule has 0 spiro atoms. The minimum Gasteiger partial charge on any atom is -0.368 e. The van der Waals surface area contributed by atoms with Crippen LogP contribution in [-0.2, 0) is 0 Å². The van der Waals surface area contributed by atoms with Crippen molar-refractivity contribution >= 4 is 28.3 Å². The second-order valence-corrected chi connectivity index (χ2v) is 4.41. The molecule has 3 aromatic heterocycles. The van der Waals surface area contributed by atoms with E-state index in [9.17, 15) is 0 Å². The van der Waals surface area contributed by atoms with Gasteiger partial charge >= 0.3 is 0 Å². The molecule has 3 N–H and O–H groups in total. The van der Waals surface area contributed by atoms with E-state index in [-0.39, 0.29) is 5.95 Å². The maximum atomic E-state index is 5.67. The van der Waals surface area contributed by atoms with E-state index in [1.807, 2.05) is 5.38 Å². The largest absolute Gasteiger partial charge is 0.368 e. The highest BCUT2D eigenvalue weighted by Crippen LogP contribution is 2.32. The average Bonchev–Trinajstić information content (AvgIpc) is 2.84. The quantitative estimate of drug-likeness (QED) is 0.671. The van der Waals surface area contributed by atoms with E-state index in [4.69, 9.17) is 5.73 Å². The summed E-state index contributed by atoms with van der Waals surface area (Å²) in [6.45, 7) is 2.05. The van der Waals surface area contributed by atoms with Gasteiger partial charge in [0.15, 0.2) is 5.65 Å². The number of nitrogen functional groups attached to an aromatic ring is 1. The van der Waals surface area contributed by atoms with Gasteiger partial charge in [0.2, 0.25) is 5.95 Å². The van der Waals surface area contributed by atoms with E-state index in [1.54, 1.807) is 17.5 Å². The third-order valence-electron chi connectivity index (χ3n) is 2.40. The van der Waals surface area contributed by atoms with E-state index in [2.05, 4.69) is 33.2 Å². The summed E-state index contributed by atoms with van der Waals surface area (Å²) in [5, 5.41) is 9.71. The highest BCUT2D eigenvalue weighted by molar-refractivity contribution is 7.13. The molecule has 0 aliphatic carbocycles. The van der Waals surface area contributed by atoms with Crippen LogP contribution < -0.4 is 5.73 Å². The number of nitrogens with one attached hydrogen (secondary N) is 1. The van der Waals surface area contributed by atoms with Gasteiger partial charge < -0.3 is 5.73 Å². The molecule has 16 heavy (non-hydrogen) atoms. The number of H-pyrrole nitrogens is 1. The Hall–Kier alpha value is -1.95. The Morgan fingerprint density at radius 1 is 1.38 bits per heavy atom. The van der Waals surface area contributed by atoms with Gasteiger partial charge in [0.05, 0.1) is 22.2 Å². The summed E-state index contributed by atoms with van der Waals surface area (Å²) in [6, 6.07) is 2.06.